The summed E-state index contributed by atoms with van der Waals surface area (Å²) in [6, 6.07) is 6.72. The predicted octanol–water partition coefficient (Wildman–Crippen LogP) is 4.07. The normalized spacial score (nSPS) is 13.4. The first kappa shape index (κ1) is 22.4. The quantitative estimate of drug-likeness (QED) is 0.561. The number of nitrogens with one attached hydrogen (secondary N) is 1. The molecule has 6 nitrogen and oxygen atoms in total. The van der Waals surface area contributed by atoms with Crippen molar-refractivity contribution in [1.82, 2.24) is 0 Å². The molecule has 156 valence electrons. The van der Waals surface area contributed by atoms with E-state index in [1.165, 1.54) is 19.2 Å². The number of urea groups is 1. The van der Waals surface area contributed by atoms with Crippen LogP contribution in [0.15, 0.2) is 42.5 Å². The molecule has 0 radical (unpaired) electrons. The highest BCUT2D eigenvalue weighted by Gasteiger charge is 2.62. The van der Waals surface area contributed by atoms with Gasteiger partial charge in [0.15, 0.2) is 0 Å². The number of hydrogen-bond donors (Lipinski definition) is 2. The van der Waals surface area contributed by atoms with E-state index < -0.39 is 35.2 Å². The molecule has 2 amide bonds. The maximum Gasteiger partial charge on any atom is 0.432 e. The zero-order valence-electron chi connectivity index (χ0n) is 15.1. The summed E-state index contributed by atoms with van der Waals surface area (Å²) in [5.41, 5.74) is -4.29. The minimum Gasteiger partial charge on any atom is -0.466 e. The van der Waals surface area contributed by atoms with Gasteiger partial charge in [-0.2, -0.15) is 13.2 Å². The van der Waals surface area contributed by atoms with E-state index in [-0.39, 0.29) is 16.4 Å². The first-order chi connectivity index (χ1) is 13.4. The van der Waals surface area contributed by atoms with Crippen molar-refractivity contribution < 1.29 is 37.0 Å². The van der Waals surface area contributed by atoms with E-state index in [9.17, 15) is 32.3 Å². The molecule has 2 aromatic carbocycles. The number of rotatable bonds is 4. The lowest BCUT2D eigenvalue weighted by Crippen LogP contribution is -2.49. The monoisotopic (exact) mass is 434 g/mol. The predicted molar refractivity (Wildman–Crippen MR) is 97.2 cm³/mol. The summed E-state index contributed by atoms with van der Waals surface area (Å²) in [6.45, 7) is 0. The highest BCUT2D eigenvalue weighted by atomic mass is 35.5. The smallest absolute Gasteiger partial charge is 0.432 e. The van der Waals surface area contributed by atoms with Gasteiger partial charge >= 0.3 is 18.2 Å². The lowest BCUT2D eigenvalue weighted by Gasteiger charge is -2.28. The molecule has 0 heterocycles. The van der Waals surface area contributed by atoms with Crippen molar-refractivity contribution >= 4 is 35.0 Å². The summed E-state index contributed by atoms with van der Waals surface area (Å²) >= 11 is 5.64. The van der Waals surface area contributed by atoms with Crippen LogP contribution in [0.4, 0.5) is 33.7 Å². The van der Waals surface area contributed by atoms with Gasteiger partial charge in [0.25, 0.3) is 5.60 Å². The van der Waals surface area contributed by atoms with E-state index >= 15 is 0 Å². The van der Waals surface area contributed by atoms with Gasteiger partial charge in [0.1, 0.15) is 5.82 Å². The topological polar surface area (TPSA) is 78.9 Å². The Morgan fingerprint density at radius 2 is 1.72 bits per heavy atom. The van der Waals surface area contributed by atoms with Gasteiger partial charge in [-0.05, 0) is 30.3 Å². The van der Waals surface area contributed by atoms with E-state index in [1.54, 1.807) is 0 Å². The molecule has 0 bridgehead atoms. The molecule has 2 aromatic rings. The number of alkyl halides is 3. The highest BCUT2D eigenvalue weighted by Crippen LogP contribution is 2.40. The van der Waals surface area contributed by atoms with Crippen molar-refractivity contribution in [1.29, 1.82) is 0 Å². The molecule has 0 aliphatic rings. The van der Waals surface area contributed by atoms with Crippen LogP contribution in [0.25, 0.3) is 0 Å². The number of hydrogen-bond acceptors (Lipinski definition) is 4. The van der Waals surface area contributed by atoms with Crippen molar-refractivity contribution in [2.75, 3.05) is 24.4 Å². The standard InChI is InChI=1S/C18H15ClF4N2O4/c1-25(16(27)24-11-5-8-14(20)13(19)9-11)12-6-3-10(4-7-12)17(28,15(26)29-2)18(21,22)23/h3-9,28H,1-2H3,(H,24,27)/t17-/m0/s1. The average molecular weight is 435 g/mol. The van der Waals surface area contributed by atoms with Gasteiger partial charge in [-0.25, -0.2) is 14.0 Å². The van der Waals surface area contributed by atoms with Gasteiger partial charge < -0.3 is 15.2 Å². The molecule has 0 aliphatic carbocycles. The third-order valence-electron chi connectivity index (χ3n) is 4.04. The molecule has 0 aliphatic heterocycles. The van der Waals surface area contributed by atoms with E-state index in [2.05, 4.69) is 10.1 Å². The molecular formula is C18H15ClF4N2O4. The van der Waals surface area contributed by atoms with Crippen molar-refractivity contribution in [3.63, 3.8) is 0 Å². The second kappa shape index (κ2) is 8.26. The number of aliphatic hydroxyl groups is 1. The van der Waals surface area contributed by atoms with Gasteiger partial charge in [0, 0.05) is 24.0 Å². The summed E-state index contributed by atoms with van der Waals surface area (Å²) in [5, 5.41) is 12.2. The fourth-order valence-corrected chi connectivity index (χ4v) is 2.55. The molecule has 2 rings (SSSR count). The van der Waals surface area contributed by atoms with E-state index in [0.717, 1.165) is 35.2 Å². The van der Waals surface area contributed by atoms with Gasteiger partial charge in [-0.1, -0.05) is 23.7 Å². The summed E-state index contributed by atoms with van der Waals surface area (Å²) in [4.78, 5) is 24.9. The number of esters is 1. The Morgan fingerprint density at radius 1 is 1.14 bits per heavy atom. The molecule has 0 spiro atoms. The van der Waals surface area contributed by atoms with Crippen molar-refractivity contribution in [2.45, 2.75) is 11.8 Å². The van der Waals surface area contributed by atoms with Crippen LogP contribution in [0.3, 0.4) is 0 Å². The van der Waals surface area contributed by atoms with Crippen LogP contribution in [0.5, 0.6) is 0 Å². The third kappa shape index (κ3) is 4.43. The number of benzene rings is 2. The second-order valence-electron chi connectivity index (χ2n) is 5.86. The largest absolute Gasteiger partial charge is 0.466 e. The number of ether oxygens (including phenoxy) is 1. The fourth-order valence-electron chi connectivity index (χ4n) is 2.37. The van der Waals surface area contributed by atoms with Crippen LogP contribution in [0, 0.1) is 5.82 Å². The summed E-state index contributed by atoms with van der Waals surface area (Å²) in [7, 11) is 2.04. The van der Waals surface area contributed by atoms with Crippen LogP contribution < -0.4 is 10.2 Å². The first-order valence-electron chi connectivity index (χ1n) is 7.89. The van der Waals surface area contributed by atoms with Gasteiger partial charge in [0.05, 0.1) is 12.1 Å². The minimum absolute atomic E-state index is 0.147. The number of anilines is 2. The van der Waals surface area contributed by atoms with E-state index in [1.807, 2.05) is 0 Å². The van der Waals surface area contributed by atoms with Gasteiger partial charge in [-0.15, -0.1) is 0 Å². The fraction of sp³-hybridized carbons (Fsp3) is 0.222. The molecule has 0 fully saturated rings. The Balaban J connectivity index is 2.25. The molecule has 0 aromatic heterocycles. The Hall–Kier alpha value is -2.85. The third-order valence-corrected chi connectivity index (χ3v) is 4.33. The lowest BCUT2D eigenvalue weighted by atomic mass is 9.93. The maximum absolute atomic E-state index is 13.3. The zero-order chi connectivity index (χ0) is 22.0. The van der Waals surface area contributed by atoms with Crippen LogP contribution in [-0.2, 0) is 15.1 Å². The summed E-state index contributed by atoms with van der Waals surface area (Å²) in [6.07, 6.45) is -5.33. The lowest BCUT2D eigenvalue weighted by molar-refractivity contribution is -0.266. The first-order valence-corrected chi connectivity index (χ1v) is 8.27. The minimum atomic E-state index is -5.33. The SMILES string of the molecule is COC(=O)[C@@](O)(c1ccc(N(C)C(=O)Nc2ccc(F)c(Cl)c2)cc1)C(F)(F)F. The van der Waals surface area contributed by atoms with Crippen LogP contribution in [-0.4, -0.2) is 37.4 Å². The average Bonchev–Trinajstić information content (AvgIpc) is 2.68. The van der Waals surface area contributed by atoms with Crippen molar-refractivity contribution in [3.8, 4) is 0 Å². The van der Waals surface area contributed by atoms with Gasteiger partial charge in [0.2, 0.25) is 0 Å². The number of methoxy groups -OCH3 is 1. The maximum atomic E-state index is 13.3. The molecule has 0 unspecified atom stereocenters. The molecule has 2 N–H and O–H groups in total. The Labute approximate surface area is 167 Å². The van der Waals surface area contributed by atoms with E-state index in [4.69, 9.17) is 11.6 Å². The molecule has 0 saturated heterocycles. The van der Waals surface area contributed by atoms with Crippen LogP contribution in [0.2, 0.25) is 5.02 Å². The Morgan fingerprint density at radius 3 is 2.21 bits per heavy atom. The van der Waals surface area contributed by atoms with Crippen molar-refractivity contribution in [3.05, 3.63) is 58.9 Å². The summed E-state index contributed by atoms with van der Waals surface area (Å²) < 4.78 is 57.0. The molecular weight excluding hydrogens is 420 g/mol. The number of amides is 2. The molecule has 29 heavy (non-hydrogen) atoms. The van der Waals surface area contributed by atoms with E-state index in [0.29, 0.717) is 7.11 Å². The van der Waals surface area contributed by atoms with Crippen molar-refractivity contribution in [2.24, 2.45) is 0 Å². The number of carbonyl (C=O) groups is 2. The second-order valence-corrected chi connectivity index (χ2v) is 6.27. The Bertz CT molecular complexity index is 921. The highest BCUT2D eigenvalue weighted by molar-refractivity contribution is 6.31. The summed E-state index contributed by atoms with van der Waals surface area (Å²) in [5.74, 6) is -2.56. The van der Waals surface area contributed by atoms with Crippen LogP contribution in [0.1, 0.15) is 5.56 Å². The molecule has 1 atom stereocenters. The van der Waals surface area contributed by atoms with Gasteiger partial charge in [-0.3, -0.25) is 4.90 Å². The zero-order valence-corrected chi connectivity index (χ0v) is 15.8. The van der Waals surface area contributed by atoms with Crippen LogP contribution >= 0.6 is 11.6 Å². The number of halogens is 5. The Kier molecular flexibility index (Phi) is 6.39. The number of nitrogens with zero attached hydrogens (tertiary/aromatic N) is 1. The molecule has 0 saturated carbocycles. The molecule has 11 heteroatoms. The number of carbonyl (C=O) groups excluding carboxylic acids is 2.